The van der Waals surface area contributed by atoms with Crippen LogP contribution >= 0.6 is 34.7 Å². The highest BCUT2D eigenvalue weighted by atomic mass is 35.5. The smallest absolute Gasteiger partial charge is 0.214 e. The molecule has 0 atom stereocenters. The number of furan rings is 1. The molecular weight excluding hydrogens is 366 g/mol. The van der Waals surface area contributed by atoms with Crippen LogP contribution in [0.4, 0.5) is 0 Å². The first-order chi connectivity index (χ1) is 11.8. The molecule has 0 unspecified atom stereocenters. The van der Waals surface area contributed by atoms with Gasteiger partial charge in [-0.05, 0) is 46.8 Å². The Morgan fingerprint density at radius 2 is 2.08 bits per heavy atom. The lowest BCUT2D eigenvalue weighted by molar-refractivity contribution is 0.581. The summed E-state index contributed by atoms with van der Waals surface area (Å²) in [5.74, 6) is 1.45. The summed E-state index contributed by atoms with van der Waals surface area (Å²) in [5.41, 5.74) is 1.82. The maximum Gasteiger partial charge on any atom is 0.214 e. The molecule has 6 nitrogen and oxygen atoms in total. The van der Waals surface area contributed by atoms with Gasteiger partial charge in [0.15, 0.2) is 10.8 Å². The highest BCUT2D eigenvalue weighted by Crippen LogP contribution is 2.28. The Labute approximate surface area is 150 Å². The van der Waals surface area contributed by atoms with Crippen LogP contribution < -0.4 is 0 Å². The standard InChI is InChI=1S/C15H10ClN5OS2/c16-10-3-5-12(6-4-10)21-15(18-19-20-21)24-9-11-8-23-14(17-11)13-2-1-7-22-13/h1-8H,9H2. The molecule has 24 heavy (non-hydrogen) atoms. The second-order valence-electron chi connectivity index (χ2n) is 4.76. The quantitative estimate of drug-likeness (QED) is 0.484. The molecular formula is C15H10ClN5OS2. The van der Waals surface area contributed by atoms with Crippen LogP contribution in [0.1, 0.15) is 5.69 Å². The maximum absolute atomic E-state index is 5.92. The van der Waals surface area contributed by atoms with Gasteiger partial charge in [-0.15, -0.1) is 16.4 Å². The topological polar surface area (TPSA) is 69.6 Å². The number of tetrazole rings is 1. The number of benzene rings is 1. The van der Waals surface area contributed by atoms with Crippen molar-refractivity contribution in [2.75, 3.05) is 0 Å². The van der Waals surface area contributed by atoms with Crippen LogP contribution in [-0.4, -0.2) is 25.2 Å². The zero-order valence-corrected chi connectivity index (χ0v) is 14.6. The van der Waals surface area contributed by atoms with E-state index in [9.17, 15) is 0 Å². The van der Waals surface area contributed by atoms with Crippen molar-refractivity contribution in [1.82, 2.24) is 25.2 Å². The van der Waals surface area contributed by atoms with Crippen molar-refractivity contribution in [1.29, 1.82) is 0 Å². The molecule has 0 radical (unpaired) electrons. The summed E-state index contributed by atoms with van der Waals surface area (Å²) in [5, 5.41) is 16.1. The van der Waals surface area contributed by atoms with Gasteiger partial charge in [0, 0.05) is 16.2 Å². The summed E-state index contributed by atoms with van der Waals surface area (Å²) >= 11 is 9.00. The molecule has 1 aromatic carbocycles. The van der Waals surface area contributed by atoms with E-state index in [1.165, 1.54) is 11.8 Å². The molecule has 0 aliphatic heterocycles. The summed E-state index contributed by atoms with van der Waals surface area (Å²) in [6.45, 7) is 0. The molecule has 0 amide bonds. The van der Waals surface area contributed by atoms with E-state index in [0.717, 1.165) is 22.1 Å². The van der Waals surface area contributed by atoms with Crippen LogP contribution in [0.5, 0.6) is 0 Å². The second kappa shape index (κ2) is 6.76. The van der Waals surface area contributed by atoms with Gasteiger partial charge in [-0.1, -0.05) is 23.4 Å². The highest BCUT2D eigenvalue weighted by Gasteiger charge is 2.12. The van der Waals surface area contributed by atoms with Gasteiger partial charge >= 0.3 is 0 Å². The van der Waals surface area contributed by atoms with Gasteiger partial charge in [0.05, 0.1) is 17.6 Å². The molecule has 0 spiro atoms. The lowest BCUT2D eigenvalue weighted by Gasteiger charge is -2.03. The van der Waals surface area contributed by atoms with Crippen LogP contribution in [-0.2, 0) is 5.75 Å². The Kier molecular flexibility index (Phi) is 4.33. The average molecular weight is 376 g/mol. The fourth-order valence-electron chi connectivity index (χ4n) is 2.04. The van der Waals surface area contributed by atoms with E-state index in [-0.39, 0.29) is 0 Å². The SMILES string of the molecule is Clc1ccc(-n2nnnc2SCc2csc(-c3ccco3)n2)cc1. The van der Waals surface area contributed by atoms with Crippen molar-refractivity contribution in [2.24, 2.45) is 0 Å². The Morgan fingerprint density at radius 1 is 1.21 bits per heavy atom. The molecule has 0 bridgehead atoms. The van der Waals surface area contributed by atoms with E-state index in [4.69, 9.17) is 16.0 Å². The number of thiazole rings is 1. The number of hydrogen-bond acceptors (Lipinski definition) is 7. The number of nitrogens with zero attached hydrogens (tertiary/aromatic N) is 5. The predicted octanol–water partition coefficient (Wildman–Crippen LogP) is 4.32. The molecule has 4 rings (SSSR count). The van der Waals surface area contributed by atoms with Crippen LogP contribution in [0, 0.1) is 0 Å². The summed E-state index contributed by atoms with van der Waals surface area (Å²) in [4.78, 5) is 4.57. The minimum absolute atomic E-state index is 0.672. The number of hydrogen-bond donors (Lipinski definition) is 0. The fraction of sp³-hybridized carbons (Fsp3) is 0.0667. The van der Waals surface area contributed by atoms with Gasteiger partial charge in [-0.2, -0.15) is 4.68 Å². The molecule has 0 saturated heterocycles. The third-order valence-corrected chi connectivity index (χ3v) is 5.26. The molecule has 3 aromatic heterocycles. The second-order valence-corrected chi connectivity index (χ2v) is 7.00. The molecule has 3 heterocycles. The Balaban J connectivity index is 1.49. The van der Waals surface area contributed by atoms with Gasteiger partial charge < -0.3 is 4.42 Å². The number of aromatic nitrogens is 5. The van der Waals surface area contributed by atoms with E-state index in [1.807, 2.05) is 41.8 Å². The number of thioether (sulfide) groups is 1. The van der Waals surface area contributed by atoms with E-state index < -0.39 is 0 Å². The van der Waals surface area contributed by atoms with Crippen LogP contribution in [0.2, 0.25) is 5.02 Å². The summed E-state index contributed by atoms with van der Waals surface area (Å²) in [7, 11) is 0. The predicted molar refractivity (Wildman–Crippen MR) is 93.5 cm³/mol. The fourth-order valence-corrected chi connectivity index (χ4v) is 3.84. The zero-order chi connectivity index (χ0) is 16.4. The lowest BCUT2D eigenvalue weighted by atomic mass is 10.3. The first kappa shape index (κ1) is 15.4. The third kappa shape index (κ3) is 3.21. The van der Waals surface area contributed by atoms with E-state index in [1.54, 1.807) is 22.3 Å². The Morgan fingerprint density at radius 3 is 2.88 bits per heavy atom. The van der Waals surface area contributed by atoms with E-state index in [0.29, 0.717) is 15.9 Å². The largest absolute Gasteiger partial charge is 0.462 e. The molecule has 4 aromatic rings. The van der Waals surface area contributed by atoms with Crippen LogP contribution in [0.25, 0.3) is 16.5 Å². The average Bonchev–Trinajstić information content (AvgIpc) is 3.34. The number of rotatable bonds is 5. The molecule has 0 aliphatic carbocycles. The Hall–Kier alpha value is -2.16. The highest BCUT2D eigenvalue weighted by molar-refractivity contribution is 7.98. The molecule has 0 aliphatic rings. The van der Waals surface area contributed by atoms with Crippen molar-refractivity contribution >= 4 is 34.7 Å². The van der Waals surface area contributed by atoms with E-state index >= 15 is 0 Å². The van der Waals surface area contributed by atoms with Gasteiger partial charge in [0.2, 0.25) is 5.16 Å². The van der Waals surface area contributed by atoms with Crippen molar-refractivity contribution < 1.29 is 4.42 Å². The van der Waals surface area contributed by atoms with Crippen molar-refractivity contribution in [3.8, 4) is 16.5 Å². The third-order valence-electron chi connectivity index (χ3n) is 3.14. The molecule has 0 saturated carbocycles. The van der Waals surface area contributed by atoms with Gasteiger partial charge in [0.25, 0.3) is 0 Å². The Bertz CT molecular complexity index is 933. The van der Waals surface area contributed by atoms with Gasteiger partial charge in [0.1, 0.15) is 0 Å². The van der Waals surface area contributed by atoms with Crippen LogP contribution in [0.3, 0.4) is 0 Å². The van der Waals surface area contributed by atoms with E-state index in [2.05, 4.69) is 20.5 Å². The molecule has 120 valence electrons. The first-order valence-corrected chi connectivity index (χ1v) is 9.19. The maximum atomic E-state index is 5.92. The van der Waals surface area contributed by atoms with Crippen molar-refractivity contribution in [3.05, 3.63) is 58.8 Å². The summed E-state index contributed by atoms with van der Waals surface area (Å²) < 4.78 is 7.05. The van der Waals surface area contributed by atoms with Gasteiger partial charge in [-0.25, -0.2) is 4.98 Å². The minimum atomic E-state index is 0.672. The summed E-state index contributed by atoms with van der Waals surface area (Å²) in [6, 6.07) is 11.1. The summed E-state index contributed by atoms with van der Waals surface area (Å²) in [6.07, 6.45) is 1.64. The molecule has 0 N–H and O–H groups in total. The lowest BCUT2D eigenvalue weighted by Crippen LogP contribution is -1.98. The monoisotopic (exact) mass is 375 g/mol. The minimum Gasteiger partial charge on any atom is -0.462 e. The van der Waals surface area contributed by atoms with Crippen molar-refractivity contribution in [2.45, 2.75) is 10.9 Å². The normalized spacial score (nSPS) is 11.0. The molecule has 0 fully saturated rings. The van der Waals surface area contributed by atoms with Gasteiger partial charge in [-0.3, -0.25) is 0 Å². The number of halogens is 1. The molecule has 9 heteroatoms. The first-order valence-electron chi connectivity index (χ1n) is 6.95. The van der Waals surface area contributed by atoms with Crippen LogP contribution in [0.15, 0.2) is 57.6 Å². The van der Waals surface area contributed by atoms with Crippen molar-refractivity contribution in [3.63, 3.8) is 0 Å². The zero-order valence-electron chi connectivity index (χ0n) is 12.2.